The summed E-state index contributed by atoms with van der Waals surface area (Å²) in [4.78, 5) is 0. The van der Waals surface area contributed by atoms with Gasteiger partial charge in [0.25, 0.3) is 0 Å². The maximum atomic E-state index is 5.94. The largest absolute Gasteiger partial charge is 0.330 e. The maximum absolute atomic E-state index is 5.94. The Bertz CT molecular complexity index is 294. The van der Waals surface area contributed by atoms with Crippen molar-refractivity contribution in [2.45, 2.75) is 65.7 Å². The van der Waals surface area contributed by atoms with Gasteiger partial charge in [0, 0.05) is 12.0 Å². The molecule has 0 spiro atoms. The Morgan fingerprint density at radius 1 is 0.944 bits per heavy atom. The van der Waals surface area contributed by atoms with E-state index >= 15 is 0 Å². The number of benzene rings is 1. The van der Waals surface area contributed by atoms with Crippen molar-refractivity contribution < 1.29 is 0 Å². The van der Waals surface area contributed by atoms with Gasteiger partial charge in [-0.15, -0.1) is 0 Å². The minimum atomic E-state index is 0.299. The zero-order valence-corrected chi connectivity index (χ0v) is 12.9. The molecule has 0 radical (unpaired) electrons. The summed E-state index contributed by atoms with van der Waals surface area (Å²) in [7, 11) is 0. The van der Waals surface area contributed by atoms with Gasteiger partial charge in [-0.25, -0.2) is 0 Å². The normalized spacial score (nSPS) is 16.1. The van der Waals surface area contributed by atoms with Gasteiger partial charge in [-0.3, -0.25) is 0 Å². The lowest BCUT2D eigenvalue weighted by atomic mass is 9.79. The van der Waals surface area contributed by atoms with Crippen LogP contribution in [0.1, 0.15) is 64.5 Å². The zero-order valence-electron chi connectivity index (χ0n) is 12.9. The maximum Gasteiger partial charge on any atom is 0.00755 e. The molecule has 18 heavy (non-hydrogen) atoms. The number of hydrogen-bond acceptors (Lipinski definition) is 1. The Kier molecular flexibility index (Phi) is 8.74. The van der Waals surface area contributed by atoms with Crippen molar-refractivity contribution >= 4 is 0 Å². The highest BCUT2D eigenvalue weighted by Gasteiger charge is 2.33. The van der Waals surface area contributed by atoms with Crippen LogP contribution in [-0.2, 0) is 5.41 Å². The fourth-order valence-electron chi connectivity index (χ4n) is 2.57. The molecule has 1 aromatic rings. The van der Waals surface area contributed by atoms with Crippen molar-refractivity contribution in [2.75, 3.05) is 6.54 Å². The molecule has 0 unspecified atom stereocenters. The Morgan fingerprint density at radius 3 is 1.78 bits per heavy atom. The number of nitrogens with two attached hydrogens (primary N) is 1. The molecule has 1 heteroatoms. The average molecular weight is 249 g/mol. The van der Waals surface area contributed by atoms with E-state index in [0.717, 1.165) is 6.54 Å². The predicted octanol–water partition coefficient (Wildman–Crippen LogP) is 4.82. The van der Waals surface area contributed by atoms with Crippen LogP contribution in [0.4, 0.5) is 0 Å². The first kappa shape index (κ1) is 17.2. The number of aryl methyl sites for hydroxylation is 1. The van der Waals surface area contributed by atoms with Crippen molar-refractivity contribution in [3.8, 4) is 0 Å². The third-order valence-corrected chi connectivity index (χ3v) is 3.62. The molecule has 1 nitrogen and oxygen atoms in total. The Morgan fingerprint density at radius 2 is 1.39 bits per heavy atom. The molecule has 1 fully saturated rings. The molecule has 1 aliphatic carbocycles. The van der Waals surface area contributed by atoms with Crippen molar-refractivity contribution in [2.24, 2.45) is 5.73 Å². The van der Waals surface area contributed by atoms with E-state index < -0.39 is 0 Å². The van der Waals surface area contributed by atoms with E-state index in [1.54, 1.807) is 0 Å². The van der Waals surface area contributed by atoms with Gasteiger partial charge in [0.2, 0.25) is 0 Å². The summed E-state index contributed by atoms with van der Waals surface area (Å²) < 4.78 is 0. The molecule has 0 atom stereocenters. The molecule has 1 aromatic carbocycles. The molecular formula is C17H31N. The van der Waals surface area contributed by atoms with E-state index in [0.29, 0.717) is 5.41 Å². The van der Waals surface area contributed by atoms with Crippen LogP contribution < -0.4 is 5.73 Å². The van der Waals surface area contributed by atoms with Crippen molar-refractivity contribution in [3.63, 3.8) is 0 Å². The lowest BCUT2D eigenvalue weighted by Gasteiger charge is -2.27. The van der Waals surface area contributed by atoms with E-state index in [-0.39, 0.29) is 0 Å². The summed E-state index contributed by atoms with van der Waals surface area (Å²) in [5, 5.41) is 0. The van der Waals surface area contributed by atoms with Gasteiger partial charge < -0.3 is 5.73 Å². The van der Waals surface area contributed by atoms with Gasteiger partial charge in [0.1, 0.15) is 0 Å². The molecular weight excluding hydrogens is 218 g/mol. The van der Waals surface area contributed by atoms with Crippen LogP contribution in [0.2, 0.25) is 0 Å². The van der Waals surface area contributed by atoms with Crippen molar-refractivity contribution in [1.29, 1.82) is 0 Å². The Hall–Kier alpha value is -0.820. The Balaban J connectivity index is 0.000000659. The second kappa shape index (κ2) is 9.16. The fraction of sp³-hybridized carbons (Fsp3) is 0.647. The highest BCUT2D eigenvalue weighted by Crippen LogP contribution is 2.40. The van der Waals surface area contributed by atoms with Crippen molar-refractivity contribution in [3.05, 3.63) is 35.4 Å². The van der Waals surface area contributed by atoms with Crippen LogP contribution in [0, 0.1) is 6.92 Å². The van der Waals surface area contributed by atoms with Crippen LogP contribution in [0.3, 0.4) is 0 Å². The summed E-state index contributed by atoms with van der Waals surface area (Å²) in [6, 6.07) is 8.91. The second-order valence-electron chi connectivity index (χ2n) is 4.56. The molecule has 0 amide bonds. The molecule has 2 rings (SSSR count). The zero-order chi connectivity index (χ0) is 14.0. The van der Waals surface area contributed by atoms with Crippen LogP contribution >= 0.6 is 0 Å². The van der Waals surface area contributed by atoms with Crippen LogP contribution in [0.5, 0.6) is 0 Å². The van der Waals surface area contributed by atoms with Crippen molar-refractivity contribution in [1.82, 2.24) is 0 Å². The molecule has 0 saturated heterocycles. The van der Waals surface area contributed by atoms with Gasteiger partial charge in [0.15, 0.2) is 0 Å². The highest BCUT2D eigenvalue weighted by molar-refractivity contribution is 5.30. The second-order valence-corrected chi connectivity index (χ2v) is 4.56. The SMILES string of the molecule is CC.CC.Cc1ccc(C2(CN)CCCC2)cc1. The minimum absolute atomic E-state index is 0.299. The molecule has 0 aromatic heterocycles. The topological polar surface area (TPSA) is 26.0 Å². The predicted molar refractivity (Wildman–Crippen MR) is 83.1 cm³/mol. The Labute approximate surface area is 114 Å². The number of rotatable bonds is 2. The lowest BCUT2D eigenvalue weighted by Crippen LogP contribution is -2.31. The first-order chi connectivity index (χ1) is 8.77. The molecule has 2 N–H and O–H groups in total. The molecule has 1 aliphatic rings. The lowest BCUT2D eigenvalue weighted by molar-refractivity contribution is 0.453. The van der Waals surface area contributed by atoms with Crippen LogP contribution in [0.25, 0.3) is 0 Å². The molecule has 1 saturated carbocycles. The van der Waals surface area contributed by atoms with Gasteiger partial charge in [0.05, 0.1) is 0 Å². The van der Waals surface area contributed by atoms with E-state index in [1.807, 2.05) is 27.7 Å². The number of hydrogen-bond donors (Lipinski definition) is 1. The first-order valence-electron chi connectivity index (χ1n) is 7.54. The minimum Gasteiger partial charge on any atom is -0.330 e. The molecule has 104 valence electrons. The van der Waals surface area contributed by atoms with E-state index in [2.05, 4.69) is 31.2 Å². The smallest absolute Gasteiger partial charge is 0.00755 e. The van der Waals surface area contributed by atoms with Gasteiger partial charge in [-0.2, -0.15) is 0 Å². The van der Waals surface area contributed by atoms with Crippen LogP contribution in [-0.4, -0.2) is 6.54 Å². The van der Waals surface area contributed by atoms with Gasteiger partial charge >= 0.3 is 0 Å². The summed E-state index contributed by atoms with van der Waals surface area (Å²) >= 11 is 0. The standard InChI is InChI=1S/C13H19N.2C2H6/c1-11-4-6-12(7-5-11)13(10-14)8-2-3-9-13;2*1-2/h4-7H,2-3,8-10,14H2,1H3;2*1-2H3. The van der Waals surface area contributed by atoms with E-state index in [9.17, 15) is 0 Å². The summed E-state index contributed by atoms with van der Waals surface area (Å²) in [5.41, 5.74) is 9.02. The third-order valence-electron chi connectivity index (χ3n) is 3.62. The van der Waals surface area contributed by atoms with Gasteiger partial charge in [-0.05, 0) is 25.3 Å². The summed E-state index contributed by atoms with van der Waals surface area (Å²) in [6.45, 7) is 10.9. The molecule has 0 bridgehead atoms. The first-order valence-corrected chi connectivity index (χ1v) is 7.54. The highest BCUT2D eigenvalue weighted by atomic mass is 14.6. The van der Waals surface area contributed by atoms with Gasteiger partial charge in [-0.1, -0.05) is 70.4 Å². The van der Waals surface area contributed by atoms with E-state index in [1.165, 1.54) is 36.8 Å². The monoisotopic (exact) mass is 249 g/mol. The van der Waals surface area contributed by atoms with E-state index in [4.69, 9.17) is 5.73 Å². The van der Waals surface area contributed by atoms with Crippen LogP contribution in [0.15, 0.2) is 24.3 Å². The third kappa shape index (κ3) is 4.13. The summed E-state index contributed by atoms with van der Waals surface area (Å²) in [5.74, 6) is 0. The quantitative estimate of drug-likeness (QED) is 0.799. The molecule has 0 heterocycles. The fourth-order valence-corrected chi connectivity index (χ4v) is 2.57. The summed E-state index contributed by atoms with van der Waals surface area (Å²) in [6.07, 6.45) is 5.22. The average Bonchev–Trinajstić information content (AvgIpc) is 2.94. The molecule has 0 aliphatic heterocycles.